The van der Waals surface area contributed by atoms with E-state index in [9.17, 15) is 18.0 Å². The second kappa shape index (κ2) is 7.80. The molecule has 0 saturated heterocycles. The Balaban J connectivity index is 0.00000242. The molecule has 0 fully saturated rings. The summed E-state index contributed by atoms with van der Waals surface area (Å²) in [6.45, 7) is 0. The molecule has 2 rings (SSSR count). The largest absolute Gasteiger partial charge is 1.00 e. The van der Waals surface area contributed by atoms with E-state index < -0.39 is 27.4 Å². The Bertz CT molecular complexity index is 773. The van der Waals surface area contributed by atoms with Gasteiger partial charge in [-0.2, -0.15) is 8.42 Å². The van der Waals surface area contributed by atoms with E-state index in [4.69, 9.17) is 4.55 Å². The first-order chi connectivity index (χ1) is 9.87. The zero-order valence-electron chi connectivity index (χ0n) is 12.9. The van der Waals surface area contributed by atoms with E-state index in [1.807, 2.05) is 0 Å². The molecule has 0 aliphatic heterocycles. The smallest absolute Gasteiger partial charge is 1.00 e. The van der Waals surface area contributed by atoms with Crippen LogP contribution in [0.25, 0.3) is 0 Å². The van der Waals surface area contributed by atoms with Crippen LogP contribution in [0.2, 0.25) is 0 Å². The maximum atomic E-state index is 12.0. The maximum Gasteiger partial charge on any atom is 1.00 e. The molecular weight excluding hydrogens is 315 g/mol. The molecule has 22 heavy (non-hydrogen) atoms. The quantitative estimate of drug-likeness (QED) is 0.338. The molecule has 0 unspecified atom stereocenters. The summed E-state index contributed by atoms with van der Waals surface area (Å²) in [4.78, 5) is 24.0. The third-order valence-electron chi connectivity index (χ3n) is 2.81. The number of ketones is 2. The molecule has 110 valence electrons. The fraction of sp³-hybridized carbons (Fsp3) is 0.0667. The molecule has 0 aliphatic carbocycles. The van der Waals surface area contributed by atoms with Crippen LogP contribution < -0.4 is 29.6 Å². The molecule has 0 saturated carbocycles. The third kappa shape index (κ3) is 5.15. The number of hydrogen-bond acceptors (Lipinski definition) is 4. The molecular formula is C15H13NaO5S. The van der Waals surface area contributed by atoms with E-state index >= 15 is 0 Å². The number of benzene rings is 2. The first-order valence-electron chi connectivity index (χ1n) is 6.05. The second-order valence-electron chi connectivity index (χ2n) is 4.45. The number of rotatable bonds is 5. The minimum atomic E-state index is -4.12. The van der Waals surface area contributed by atoms with Gasteiger partial charge in [-0.05, 0) is 5.56 Å². The van der Waals surface area contributed by atoms with Gasteiger partial charge < -0.3 is 1.43 Å². The number of hydrogen-bond donors (Lipinski definition) is 1. The molecule has 2 aromatic rings. The topological polar surface area (TPSA) is 88.5 Å². The summed E-state index contributed by atoms with van der Waals surface area (Å²) in [6.07, 6.45) is 0. The van der Waals surface area contributed by atoms with E-state index in [0.29, 0.717) is 11.1 Å². The predicted octanol–water partition coefficient (Wildman–Crippen LogP) is -0.743. The molecule has 0 spiro atoms. The Morgan fingerprint density at radius 3 is 1.77 bits per heavy atom. The Kier molecular flexibility index (Phi) is 6.65. The third-order valence-corrected chi connectivity index (χ3v) is 3.51. The molecule has 7 heteroatoms. The molecule has 2 aromatic carbocycles. The summed E-state index contributed by atoms with van der Waals surface area (Å²) in [5.74, 6) is -1.83. The number of carbonyl (C=O) groups excluding carboxylic acids is 2. The van der Waals surface area contributed by atoms with E-state index in [0.717, 1.165) is 0 Å². The van der Waals surface area contributed by atoms with Crippen LogP contribution in [-0.4, -0.2) is 24.5 Å². The van der Waals surface area contributed by atoms with Gasteiger partial charge in [-0.15, -0.1) is 0 Å². The Morgan fingerprint density at radius 1 is 0.864 bits per heavy atom. The van der Waals surface area contributed by atoms with E-state index in [-0.39, 0.29) is 36.5 Å². The molecule has 0 bridgehead atoms. The Hall–Kier alpha value is -1.31. The van der Waals surface area contributed by atoms with Gasteiger partial charge in [-0.25, -0.2) is 0 Å². The standard InChI is InChI=1S/C15H12O5S.Na.H/c16-14(12-4-2-1-3-5-12)15(17)13-8-6-11(7-9-13)10-21(18,19)20;;/h1-9H,10H2,(H,18,19,20);;/q;+1;-1. The van der Waals surface area contributed by atoms with Gasteiger partial charge in [0.05, 0.1) is 0 Å². The summed E-state index contributed by atoms with van der Waals surface area (Å²) in [5.41, 5.74) is 0.800. The molecule has 0 atom stereocenters. The van der Waals surface area contributed by atoms with Crippen LogP contribution in [0.4, 0.5) is 0 Å². The van der Waals surface area contributed by atoms with Crippen molar-refractivity contribution in [1.29, 1.82) is 0 Å². The molecule has 0 heterocycles. The average Bonchev–Trinajstić information content (AvgIpc) is 2.46. The normalized spacial score (nSPS) is 10.6. The van der Waals surface area contributed by atoms with Gasteiger partial charge in [0.25, 0.3) is 10.1 Å². The molecule has 0 aliphatic rings. The van der Waals surface area contributed by atoms with Crippen molar-refractivity contribution in [3.05, 3.63) is 71.3 Å². The van der Waals surface area contributed by atoms with Gasteiger partial charge in [0.2, 0.25) is 11.6 Å². The molecule has 0 amide bonds. The van der Waals surface area contributed by atoms with Gasteiger partial charge in [0.15, 0.2) is 0 Å². The van der Waals surface area contributed by atoms with Gasteiger partial charge >= 0.3 is 29.6 Å². The van der Waals surface area contributed by atoms with E-state index in [1.165, 1.54) is 24.3 Å². The van der Waals surface area contributed by atoms with Gasteiger partial charge in [-0.3, -0.25) is 14.1 Å². The fourth-order valence-electron chi connectivity index (χ4n) is 1.81. The van der Waals surface area contributed by atoms with Crippen LogP contribution in [0.3, 0.4) is 0 Å². The zero-order chi connectivity index (χ0) is 15.5. The van der Waals surface area contributed by atoms with Crippen LogP contribution >= 0.6 is 0 Å². The minimum absolute atomic E-state index is 0. The molecule has 0 aromatic heterocycles. The fourth-order valence-corrected chi connectivity index (χ4v) is 2.43. The van der Waals surface area contributed by atoms with Crippen LogP contribution in [-0.2, 0) is 15.9 Å². The van der Waals surface area contributed by atoms with Crippen molar-refractivity contribution in [3.63, 3.8) is 0 Å². The first-order valence-corrected chi connectivity index (χ1v) is 7.66. The van der Waals surface area contributed by atoms with Gasteiger partial charge in [-0.1, -0.05) is 54.6 Å². The van der Waals surface area contributed by atoms with Crippen molar-refractivity contribution in [1.82, 2.24) is 0 Å². The van der Waals surface area contributed by atoms with Crippen LogP contribution in [0.5, 0.6) is 0 Å². The maximum absolute atomic E-state index is 12.0. The number of carbonyl (C=O) groups is 2. The molecule has 5 nitrogen and oxygen atoms in total. The van der Waals surface area contributed by atoms with Gasteiger partial charge in [0, 0.05) is 11.1 Å². The van der Waals surface area contributed by atoms with E-state index in [2.05, 4.69) is 0 Å². The first kappa shape index (κ1) is 18.7. The average molecular weight is 328 g/mol. The van der Waals surface area contributed by atoms with Crippen molar-refractivity contribution < 1.29 is 53.5 Å². The molecule has 0 radical (unpaired) electrons. The molecule has 1 N–H and O–H groups in total. The SMILES string of the molecule is O=C(C(=O)c1ccc(CS(=O)(=O)O)cc1)c1ccccc1.[H-].[Na+]. The van der Waals surface area contributed by atoms with Crippen molar-refractivity contribution in [2.24, 2.45) is 0 Å². The second-order valence-corrected chi connectivity index (χ2v) is 5.90. The van der Waals surface area contributed by atoms with Gasteiger partial charge in [0.1, 0.15) is 5.75 Å². The van der Waals surface area contributed by atoms with Crippen molar-refractivity contribution in [2.45, 2.75) is 5.75 Å². The van der Waals surface area contributed by atoms with Crippen LogP contribution in [0, 0.1) is 0 Å². The van der Waals surface area contributed by atoms with Crippen molar-refractivity contribution in [2.75, 3.05) is 0 Å². The minimum Gasteiger partial charge on any atom is -1.00 e. The van der Waals surface area contributed by atoms with Crippen molar-refractivity contribution in [3.8, 4) is 0 Å². The monoisotopic (exact) mass is 328 g/mol. The van der Waals surface area contributed by atoms with Crippen molar-refractivity contribution >= 4 is 21.7 Å². The Labute approximate surface area is 151 Å². The zero-order valence-corrected chi connectivity index (χ0v) is 14.7. The summed E-state index contributed by atoms with van der Waals surface area (Å²) >= 11 is 0. The summed E-state index contributed by atoms with van der Waals surface area (Å²) < 4.78 is 30.2. The van der Waals surface area contributed by atoms with E-state index in [1.54, 1.807) is 30.3 Å². The Morgan fingerprint density at radius 2 is 1.32 bits per heavy atom. The summed E-state index contributed by atoms with van der Waals surface area (Å²) in [7, 11) is -4.12. The predicted molar refractivity (Wildman–Crippen MR) is 77.9 cm³/mol. The summed E-state index contributed by atoms with van der Waals surface area (Å²) in [6, 6.07) is 13.7. The summed E-state index contributed by atoms with van der Waals surface area (Å²) in [5, 5.41) is 0. The number of Topliss-reactive ketones (excluding diaryl/α,β-unsaturated/α-hetero) is 2. The van der Waals surface area contributed by atoms with Crippen LogP contribution in [0.15, 0.2) is 54.6 Å². The van der Waals surface area contributed by atoms with Crippen LogP contribution in [0.1, 0.15) is 27.7 Å².